The number of hydrogen-bond acceptors (Lipinski definition) is 3. The van der Waals surface area contributed by atoms with Gasteiger partial charge in [0.25, 0.3) is 0 Å². The zero-order valence-corrected chi connectivity index (χ0v) is 30.5. The van der Waals surface area contributed by atoms with Gasteiger partial charge in [-0.1, -0.05) is 103 Å². The van der Waals surface area contributed by atoms with Crippen LogP contribution in [-0.2, 0) is 0 Å². The summed E-state index contributed by atoms with van der Waals surface area (Å²) in [5, 5.41) is 13.4. The van der Waals surface area contributed by atoms with Gasteiger partial charge in [-0.3, -0.25) is 4.40 Å². The van der Waals surface area contributed by atoms with E-state index in [1.54, 1.807) is 6.07 Å². The lowest BCUT2D eigenvalue weighted by molar-refractivity contribution is 0.477. The molecule has 0 bridgehead atoms. The van der Waals surface area contributed by atoms with Crippen LogP contribution in [0.5, 0.6) is 5.75 Å². The number of aromatic nitrogens is 4. The molecule has 0 saturated carbocycles. The Hall–Kier alpha value is -7.24. The van der Waals surface area contributed by atoms with E-state index < -0.39 is 0 Å². The first-order valence-electron chi connectivity index (χ1n) is 18.6. The maximum Gasteiger partial charge on any atom is 0.137 e. The quantitative estimate of drug-likeness (QED) is 0.187. The second kappa shape index (κ2) is 13.0. The first-order chi connectivity index (χ1) is 27.0. The normalized spacial score (nSPS) is 11.5. The predicted molar refractivity (Wildman–Crippen MR) is 226 cm³/mol. The second-order valence-corrected chi connectivity index (χ2v) is 14.1. The lowest BCUT2D eigenvalue weighted by Gasteiger charge is -2.15. The predicted octanol–water partition coefficient (Wildman–Crippen LogP) is 12.5. The molecule has 10 rings (SSSR count). The molecule has 5 heteroatoms. The Kier molecular flexibility index (Phi) is 7.67. The van der Waals surface area contributed by atoms with Crippen molar-refractivity contribution in [1.29, 1.82) is 0 Å². The van der Waals surface area contributed by atoms with Crippen molar-refractivity contribution in [3.8, 4) is 67.6 Å². The molecule has 55 heavy (non-hydrogen) atoms. The lowest BCUT2D eigenvalue weighted by Crippen LogP contribution is -1.96. The molecule has 1 N–H and O–H groups in total. The molecule has 6 aromatic carbocycles. The zero-order valence-electron chi connectivity index (χ0n) is 30.5. The van der Waals surface area contributed by atoms with Crippen LogP contribution in [0.3, 0.4) is 0 Å². The van der Waals surface area contributed by atoms with Crippen LogP contribution in [0, 0.1) is 13.8 Å². The standard InChI is InChI=1S/C50H36N4O/c1-32-14-11-15-33(2)48(32)37-30-42(51-43(31-37)41-22-5-8-25-46(41)55)34-16-12-17-35(28-34)49-50(53-27-10-9-26-47(53)52-49)36-18-13-19-38(29-36)54-44-23-6-3-20-39(44)40-21-4-7-24-45(40)54/h3-31,55H,1-2H3. The van der Waals surface area contributed by atoms with Crippen LogP contribution in [-0.4, -0.2) is 24.0 Å². The van der Waals surface area contributed by atoms with Crippen molar-refractivity contribution >= 4 is 27.5 Å². The monoisotopic (exact) mass is 708 g/mol. The van der Waals surface area contributed by atoms with E-state index in [1.807, 2.05) is 24.3 Å². The number of nitrogens with zero attached hydrogens (tertiary/aromatic N) is 4. The number of aryl methyl sites for hydroxylation is 2. The van der Waals surface area contributed by atoms with Crippen molar-refractivity contribution in [3.05, 3.63) is 187 Å². The Balaban J connectivity index is 1.15. The third-order valence-corrected chi connectivity index (χ3v) is 10.7. The Bertz CT molecular complexity index is 3020. The molecule has 0 spiro atoms. The average molecular weight is 709 g/mol. The van der Waals surface area contributed by atoms with Gasteiger partial charge in [-0.2, -0.15) is 0 Å². The highest BCUT2D eigenvalue weighted by Crippen LogP contribution is 2.40. The minimum Gasteiger partial charge on any atom is -0.507 e. The fraction of sp³-hybridized carbons (Fsp3) is 0.0400. The number of para-hydroxylation sites is 3. The van der Waals surface area contributed by atoms with Gasteiger partial charge in [0.15, 0.2) is 0 Å². The second-order valence-electron chi connectivity index (χ2n) is 14.1. The first-order valence-corrected chi connectivity index (χ1v) is 18.6. The summed E-state index contributed by atoms with van der Waals surface area (Å²) in [6.07, 6.45) is 2.09. The van der Waals surface area contributed by atoms with Gasteiger partial charge in [-0.25, -0.2) is 9.97 Å². The maximum atomic E-state index is 10.9. The maximum absolute atomic E-state index is 10.9. The number of phenolic OH excluding ortho intramolecular Hbond substituents is 1. The fourth-order valence-electron chi connectivity index (χ4n) is 8.21. The number of aromatic hydroxyl groups is 1. The fourth-order valence-corrected chi connectivity index (χ4v) is 8.21. The number of phenols is 1. The van der Waals surface area contributed by atoms with E-state index in [0.717, 1.165) is 50.7 Å². The van der Waals surface area contributed by atoms with Gasteiger partial charge in [0, 0.05) is 44.9 Å². The summed E-state index contributed by atoms with van der Waals surface area (Å²) in [6, 6.07) is 58.7. The number of fused-ring (bicyclic) bond motifs is 4. The highest BCUT2D eigenvalue weighted by Gasteiger charge is 2.20. The molecular formula is C50H36N4O. The molecule has 0 atom stereocenters. The van der Waals surface area contributed by atoms with E-state index in [9.17, 15) is 5.11 Å². The molecule has 262 valence electrons. The molecule has 0 aliphatic carbocycles. The summed E-state index contributed by atoms with van der Waals surface area (Å²) in [4.78, 5) is 10.4. The van der Waals surface area contributed by atoms with Crippen LogP contribution >= 0.6 is 0 Å². The van der Waals surface area contributed by atoms with Crippen LogP contribution in [0.15, 0.2) is 176 Å². The SMILES string of the molecule is Cc1cccc(C)c1-c1cc(-c2cccc(-c3nc4ccccn4c3-c3cccc(-n4c5ccccc5c5ccccc54)c3)c2)nc(-c2ccccc2O)c1. The van der Waals surface area contributed by atoms with Crippen LogP contribution < -0.4 is 0 Å². The van der Waals surface area contributed by atoms with E-state index in [-0.39, 0.29) is 5.75 Å². The number of benzene rings is 6. The number of pyridine rings is 2. The molecular weight excluding hydrogens is 673 g/mol. The van der Waals surface area contributed by atoms with Crippen molar-refractivity contribution in [3.63, 3.8) is 0 Å². The van der Waals surface area contributed by atoms with Gasteiger partial charge >= 0.3 is 0 Å². The first kappa shape index (κ1) is 32.4. The highest BCUT2D eigenvalue weighted by atomic mass is 16.3. The smallest absolute Gasteiger partial charge is 0.137 e. The molecule has 4 aromatic heterocycles. The Morgan fingerprint density at radius 1 is 0.491 bits per heavy atom. The Morgan fingerprint density at radius 3 is 1.91 bits per heavy atom. The van der Waals surface area contributed by atoms with Crippen LogP contribution in [0.1, 0.15) is 11.1 Å². The van der Waals surface area contributed by atoms with Gasteiger partial charge in [-0.15, -0.1) is 0 Å². The van der Waals surface area contributed by atoms with Gasteiger partial charge < -0.3 is 9.67 Å². The van der Waals surface area contributed by atoms with E-state index in [1.165, 1.54) is 38.5 Å². The number of rotatable bonds is 6. The molecule has 5 nitrogen and oxygen atoms in total. The summed E-state index contributed by atoms with van der Waals surface area (Å²) in [5.74, 6) is 0.200. The van der Waals surface area contributed by atoms with E-state index in [2.05, 4.69) is 169 Å². The van der Waals surface area contributed by atoms with Crippen molar-refractivity contribution in [2.75, 3.05) is 0 Å². The minimum absolute atomic E-state index is 0.200. The molecule has 0 fully saturated rings. The zero-order chi connectivity index (χ0) is 37.0. The van der Waals surface area contributed by atoms with Crippen molar-refractivity contribution < 1.29 is 5.11 Å². The topological polar surface area (TPSA) is 55.4 Å². The van der Waals surface area contributed by atoms with Gasteiger partial charge in [0.2, 0.25) is 0 Å². The molecule has 10 aromatic rings. The molecule has 0 amide bonds. The largest absolute Gasteiger partial charge is 0.507 e. The highest BCUT2D eigenvalue weighted by molar-refractivity contribution is 6.09. The lowest BCUT2D eigenvalue weighted by atomic mass is 9.93. The Morgan fingerprint density at radius 2 is 1.13 bits per heavy atom. The molecule has 0 unspecified atom stereocenters. The van der Waals surface area contributed by atoms with Gasteiger partial charge in [0.05, 0.1) is 33.8 Å². The summed E-state index contributed by atoms with van der Waals surface area (Å²) in [7, 11) is 0. The Labute approximate surface area is 319 Å². The molecule has 0 aliphatic rings. The van der Waals surface area contributed by atoms with Crippen molar-refractivity contribution in [1.82, 2.24) is 18.9 Å². The van der Waals surface area contributed by atoms with Crippen molar-refractivity contribution in [2.24, 2.45) is 0 Å². The van der Waals surface area contributed by atoms with Crippen LogP contribution in [0.4, 0.5) is 0 Å². The van der Waals surface area contributed by atoms with E-state index in [4.69, 9.17) is 9.97 Å². The summed E-state index contributed by atoms with van der Waals surface area (Å²) in [5.41, 5.74) is 16.1. The van der Waals surface area contributed by atoms with Crippen LogP contribution in [0.2, 0.25) is 0 Å². The van der Waals surface area contributed by atoms with E-state index in [0.29, 0.717) is 11.3 Å². The van der Waals surface area contributed by atoms with E-state index >= 15 is 0 Å². The number of imidazole rings is 1. The average Bonchev–Trinajstić information content (AvgIpc) is 3.78. The summed E-state index contributed by atoms with van der Waals surface area (Å²) in [6.45, 7) is 4.29. The van der Waals surface area contributed by atoms with Crippen molar-refractivity contribution in [2.45, 2.75) is 13.8 Å². The third kappa shape index (κ3) is 5.48. The third-order valence-electron chi connectivity index (χ3n) is 10.7. The molecule has 0 aliphatic heterocycles. The molecule has 4 heterocycles. The summed E-state index contributed by atoms with van der Waals surface area (Å²) < 4.78 is 4.54. The van der Waals surface area contributed by atoms with Crippen LogP contribution in [0.25, 0.3) is 89.3 Å². The molecule has 0 radical (unpaired) electrons. The summed E-state index contributed by atoms with van der Waals surface area (Å²) >= 11 is 0. The molecule has 0 saturated heterocycles. The van der Waals surface area contributed by atoms with Gasteiger partial charge in [0.1, 0.15) is 11.4 Å². The number of hydrogen-bond donors (Lipinski definition) is 1. The van der Waals surface area contributed by atoms with Gasteiger partial charge in [-0.05, 0) is 103 Å². The minimum atomic E-state index is 0.200.